The molecule has 0 bridgehead atoms. The summed E-state index contributed by atoms with van der Waals surface area (Å²) < 4.78 is 0. The molecule has 1 heterocycles. The molecule has 18 heavy (non-hydrogen) atoms. The minimum Gasteiger partial charge on any atom is -0.348 e. The van der Waals surface area contributed by atoms with Crippen LogP contribution >= 0.6 is 23.2 Å². The van der Waals surface area contributed by atoms with Crippen LogP contribution in [0.4, 0.5) is 0 Å². The van der Waals surface area contributed by atoms with Gasteiger partial charge in [0.15, 0.2) is 0 Å². The first-order valence-corrected chi connectivity index (χ1v) is 6.05. The third-order valence-corrected chi connectivity index (χ3v) is 3.22. The molecule has 0 aliphatic carbocycles. The van der Waals surface area contributed by atoms with Crippen LogP contribution in [0.1, 0.15) is 15.9 Å². The van der Waals surface area contributed by atoms with E-state index in [4.69, 9.17) is 23.2 Å². The second-order valence-electron chi connectivity index (χ2n) is 3.64. The van der Waals surface area contributed by atoms with Crippen molar-refractivity contribution in [1.29, 1.82) is 0 Å². The maximum Gasteiger partial charge on any atom is 0.253 e. The summed E-state index contributed by atoms with van der Waals surface area (Å²) >= 11 is 11.8. The summed E-state index contributed by atoms with van der Waals surface area (Å²) in [6, 6.07) is 8.63. The van der Waals surface area contributed by atoms with Crippen molar-refractivity contribution in [2.24, 2.45) is 0 Å². The van der Waals surface area contributed by atoms with Crippen molar-refractivity contribution in [3.8, 4) is 0 Å². The SMILES string of the molecule is O=C(NCc1ccncc1)c1cccc(Cl)c1Cl. The molecule has 1 N–H and O–H groups in total. The van der Waals surface area contributed by atoms with Crippen LogP contribution in [-0.2, 0) is 6.54 Å². The Balaban J connectivity index is 2.07. The molecule has 0 aliphatic heterocycles. The van der Waals surface area contributed by atoms with Crippen LogP contribution in [0.2, 0.25) is 10.0 Å². The van der Waals surface area contributed by atoms with Crippen molar-refractivity contribution in [2.75, 3.05) is 0 Å². The molecule has 1 aromatic carbocycles. The Labute approximate surface area is 115 Å². The molecule has 0 unspecified atom stereocenters. The number of hydrogen-bond donors (Lipinski definition) is 1. The normalized spacial score (nSPS) is 10.1. The number of nitrogens with one attached hydrogen (secondary N) is 1. The van der Waals surface area contributed by atoms with Crippen LogP contribution in [0, 0.1) is 0 Å². The van der Waals surface area contributed by atoms with Crippen molar-refractivity contribution in [3.05, 3.63) is 63.9 Å². The van der Waals surface area contributed by atoms with Crippen LogP contribution in [0.3, 0.4) is 0 Å². The molecular weight excluding hydrogens is 271 g/mol. The molecule has 0 saturated carbocycles. The van der Waals surface area contributed by atoms with Gasteiger partial charge in [0.1, 0.15) is 0 Å². The summed E-state index contributed by atoms with van der Waals surface area (Å²) in [5.74, 6) is -0.251. The van der Waals surface area contributed by atoms with Crippen molar-refractivity contribution < 1.29 is 4.79 Å². The lowest BCUT2D eigenvalue weighted by Gasteiger charge is -2.07. The molecule has 2 aromatic rings. The third-order valence-electron chi connectivity index (χ3n) is 2.40. The maximum atomic E-state index is 11.9. The van der Waals surface area contributed by atoms with Gasteiger partial charge in [-0.15, -0.1) is 0 Å². The molecule has 0 radical (unpaired) electrons. The lowest BCUT2D eigenvalue weighted by molar-refractivity contribution is 0.0951. The number of aromatic nitrogens is 1. The molecule has 0 saturated heterocycles. The van der Waals surface area contributed by atoms with E-state index in [9.17, 15) is 4.79 Å². The average Bonchev–Trinajstić information content (AvgIpc) is 2.40. The number of amides is 1. The first kappa shape index (κ1) is 12.9. The topological polar surface area (TPSA) is 42.0 Å². The van der Waals surface area contributed by atoms with Gasteiger partial charge in [-0.2, -0.15) is 0 Å². The van der Waals surface area contributed by atoms with Crippen LogP contribution < -0.4 is 5.32 Å². The fraction of sp³-hybridized carbons (Fsp3) is 0.0769. The minimum atomic E-state index is -0.251. The number of halogens is 2. The van der Waals surface area contributed by atoms with Crippen LogP contribution in [0.15, 0.2) is 42.7 Å². The molecule has 3 nitrogen and oxygen atoms in total. The average molecular weight is 281 g/mol. The number of benzene rings is 1. The maximum absolute atomic E-state index is 11.9. The van der Waals surface area contributed by atoms with Crippen LogP contribution in [0.5, 0.6) is 0 Å². The van der Waals surface area contributed by atoms with Gasteiger partial charge in [-0.3, -0.25) is 9.78 Å². The minimum absolute atomic E-state index is 0.251. The number of carbonyl (C=O) groups is 1. The second kappa shape index (κ2) is 5.85. The molecule has 92 valence electrons. The monoisotopic (exact) mass is 280 g/mol. The largest absolute Gasteiger partial charge is 0.348 e. The molecule has 0 atom stereocenters. The van der Waals surface area contributed by atoms with Gasteiger partial charge in [0.2, 0.25) is 0 Å². The van der Waals surface area contributed by atoms with Gasteiger partial charge >= 0.3 is 0 Å². The second-order valence-corrected chi connectivity index (χ2v) is 4.42. The number of pyridine rings is 1. The first-order valence-electron chi connectivity index (χ1n) is 5.29. The van der Waals surface area contributed by atoms with Gasteiger partial charge in [0.05, 0.1) is 15.6 Å². The van der Waals surface area contributed by atoms with E-state index >= 15 is 0 Å². The molecule has 0 fully saturated rings. The predicted molar refractivity (Wildman–Crippen MR) is 71.9 cm³/mol. The van der Waals surface area contributed by atoms with E-state index in [1.807, 2.05) is 12.1 Å². The van der Waals surface area contributed by atoms with Gasteiger partial charge in [-0.05, 0) is 29.8 Å². The highest BCUT2D eigenvalue weighted by atomic mass is 35.5. The first-order chi connectivity index (χ1) is 8.68. The zero-order chi connectivity index (χ0) is 13.0. The number of hydrogen-bond acceptors (Lipinski definition) is 2. The van der Waals surface area contributed by atoms with Gasteiger partial charge in [0, 0.05) is 18.9 Å². The van der Waals surface area contributed by atoms with E-state index in [0.29, 0.717) is 17.1 Å². The summed E-state index contributed by atoms with van der Waals surface area (Å²) in [6.07, 6.45) is 3.35. The molecule has 1 aromatic heterocycles. The molecule has 5 heteroatoms. The van der Waals surface area contributed by atoms with Crippen molar-refractivity contribution >= 4 is 29.1 Å². The van der Waals surface area contributed by atoms with Crippen molar-refractivity contribution in [2.45, 2.75) is 6.54 Å². The fourth-order valence-corrected chi connectivity index (χ4v) is 1.84. The smallest absolute Gasteiger partial charge is 0.253 e. The van der Waals surface area contributed by atoms with Crippen molar-refractivity contribution in [3.63, 3.8) is 0 Å². The molecule has 0 spiro atoms. The zero-order valence-corrected chi connectivity index (χ0v) is 10.9. The fourth-order valence-electron chi connectivity index (χ4n) is 1.46. The highest BCUT2D eigenvalue weighted by Gasteiger charge is 2.11. The number of carbonyl (C=O) groups excluding carboxylic acids is 1. The van der Waals surface area contributed by atoms with E-state index in [1.54, 1.807) is 30.6 Å². The lowest BCUT2D eigenvalue weighted by atomic mass is 10.2. The summed E-state index contributed by atoms with van der Waals surface area (Å²) in [4.78, 5) is 15.8. The van der Waals surface area contributed by atoms with E-state index in [1.165, 1.54) is 0 Å². The Morgan fingerprint density at radius 1 is 1.17 bits per heavy atom. The molecule has 0 aliphatic rings. The Morgan fingerprint density at radius 3 is 2.61 bits per heavy atom. The molecule has 1 amide bonds. The highest BCUT2D eigenvalue weighted by Crippen LogP contribution is 2.25. The molecular formula is C13H10Cl2N2O. The van der Waals surface area contributed by atoms with E-state index in [0.717, 1.165) is 5.56 Å². The van der Waals surface area contributed by atoms with Gasteiger partial charge < -0.3 is 5.32 Å². The van der Waals surface area contributed by atoms with E-state index in [2.05, 4.69) is 10.3 Å². The third kappa shape index (κ3) is 3.00. The van der Waals surface area contributed by atoms with Gasteiger partial charge in [-0.1, -0.05) is 29.3 Å². The summed E-state index contributed by atoms with van der Waals surface area (Å²) in [5, 5.41) is 3.41. The van der Waals surface area contributed by atoms with Gasteiger partial charge in [-0.25, -0.2) is 0 Å². The van der Waals surface area contributed by atoms with Crippen molar-refractivity contribution in [1.82, 2.24) is 10.3 Å². The zero-order valence-electron chi connectivity index (χ0n) is 9.36. The Kier molecular flexibility index (Phi) is 4.18. The van der Waals surface area contributed by atoms with Gasteiger partial charge in [0.25, 0.3) is 5.91 Å². The summed E-state index contributed by atoms with van der Waals surface area (Å²) in [5.41, 5.74) is 1.34. The Morgan fingerprint density at radius 2 is 1.89 bits per heavy atom. The number of nitrogens with zero attached hydrogens (tertiary/aromatic N) is 1. The summed E-state index contributed by atoms with van der Waals surface area (Å²) in [7, 11) is 0. The van der Waals surface area contributed by atoms with Crippen LogP contribution in [-0.4, -0.2) is 10.9 Å². The quantitative estimate of drug-likeness (QED) is 0.937. The summed E-state index contributed by atoms with van der Waals surface area (Å²) in [6.45, 7) is 0.421. The predicted octanol–water partition coefficient (Wildman–Crippen LogP) is 3.32. The van der Waals surface area contributed by atoms with Crippen LogP contribution in [0.25, 0.3) is 0 Å². The van der Waals surface area contributed by atoms with E-state index < -0.39 is 0 Å². The van der Waals surface area contributed by atoms with E-state index in [-0.39, 0.29) is 10.9 Å². The molecule has 2 rings (SSSR count). The Hall–Kier alpha value is -1.58. The lowest BCUT2D eigenvalue weighted by Crippen LogP contribution is -2.23. The standard InChI is InChI=1S/C13H10Cl2N2O/c14-11-3-1-2-10(12(11)15)13(18)17-8-9-4-6-16-7-5-9/h1-7H,8H2,(H,17,18). The Bertz CT molecular complexity index is 558. The highest BCUT2D eigenvalue weighted by molar-refractivity contribution is 6.43. The number of rotatable bonds is 3.